The number of amides is 2. The molecule has 0 aromatic heterocycles. The number of carbonyl (C=O) groups is 3. The van der Waals surface area contributed by atoms with Crippen LogP contribution in [0.1, 0.15) is 18.1 Å². The third-order valence-corrected chi connectivity index (χ3v) is 4.00. The van der Waals surface area contributed by atoms with Crippen molar-refractivity contribution in [3.63, 3.8) is 0 Å². The van der Waals surface area contributed by atoms with Crippen LogP contribution >= 0.6 is 0 Å². The summed E-state index contributed by atoms with van der Waals surface area (Å²) in [4.78, 5) is 38.4. The lowest BCUT2D eigenvalue weighted by Crippen LogP contribution is -2.36. The van der Waals surface area contributed by atoms with E-state index < -0.39 is 29.7 Å². The largest absolute Gasteiger partial charge is 0.461 e. The molecule has 0 bridgehead atoms. The zero-order valence-electron chi connectivity index (χ0n) is 13.1. The second kappa shape index (κ2) is 5.49. The molecule has 2 aliphatic rings. The van der Waals surface area contributed by atoms with Gasteiger partial charge in [-0.15, -0.1) is 0 Å². The molecule has 1 aromatic rings. The first-order valence-electron chi connectivity index (χ1n) is 7.41. The molecule has 0 saturated carbocycles. The number of nitrogens with one attached hydrogen (secondary N) is 1. The fourth-order valence-corrected chi connectivity index (χ4v) is 2.96. The lowest BCUT2D eigenvalue weighted by Gasteiger charge is -2.18. The van der Waals surface area contributed by atoms with Gasteiger partial charge in [0.05, 0.1) is 12.3 Å². The molecule has 2 amide bonds. The summed E-state index contributed by atoms with van der Waals surface area (Å²) in [6.45, 7) is 5.62. The molecule has 1 fully saturated rings. The first-order chi connectivity index (χ1) is 11.0. The van der Waals surface area contributed by atoms with Crippen LogP contribution in [0.2, 0.25) is 0 Å². The molecule has 2 heterocycles. The number of nitrogens with zero attached hydrogens (tertiary/aromatic N) is 2. The molecule has 0 unspecified atom stereocenters. The SMILES string of the molecule is CCOC(=O)C1=NN[C@H]2C(=O)N(c3ccc(C)cc3C)C(=O)[C@@H]12. The van der Waals surface area contributed by atoms with E-state index in [1.807, 2.05) is 26.0 Å². The van der Waals surface area contributed by atoms with E-state index in [1.165, 1.54) is 0 Å². The van der Waals surface area contributed by atoms with Crippen molar-refractivity contribution < 1.29 is 19.1 Å². The highest BCUT2D eigenvalue weighted by Gasteiger charge is 2.55. The van der Waals surface area contributed by atoms with Crippen molar-refractivity contribution in [2.45, 2.75) is 26.8 Å². The minimum atomic E-state index is -0.928. The molecule has 120 valence electrons. The summed E-state index contributed by atoms with van der Waals surface area (Å²) in [5.41, 5.74) is 4.95. The van der Waals surface area contributed by atoms with Gasteiger partial charge in [-0.2, -0.15) is 5.10 Å². The molecule has 1 aromatic carbocycles. The van der Waals surface area contributed by atoms with Gasteiger partial charge in [-0.25, -0.2) is 9.69 Å². The number of hydrogen-bond donors (Lipinski definition) is 1. The summed E-state index contributed by atoms with van der Waals surface area (Å²) in [5, 5.41) is 3.83. The van der Waals surface area contributed by atoms with Crippen molar-refractivity contribution in [2.24, 2.45) is 11.0 Å². The number of anilines is 1. The Morgan fingerprint density at radius 2 is 2.04 bits per heavy atom. The van der Waals surface area contributed by atoms with Gasteiger partial charge < -0.3 is 4.74 Å². The van der Waals surface area contributed by atoms with Crippen LogP contribution in [0.3, 0.4) is 0 Å². The fraction of sp³-hybridized carbons (Fsp3) is 0.375. The van der Waals surface area contributed by atoms with Gasteiger partial charge in [0, 0.05) is 0 Å². The lowest BCUT2D eigenvalue weighted by molar-refractivity contribution is -0.136. The molecule has 0 aliphatic carbocycles. The molecule has 1 saturated heterocycles. The second-order valence-corrected chi connectivity index (χ2v) is 5.60. The molecular weight excluding hydrogens is 298 g/mol. The molecule has 7 nitrogen and oxygen atoms in total. The monoisotopic (exact) mass is 315 g/mol. The van der Waals surface area contributed by atoms with Crippen LogP contribution < -0.4 is 10.3 Å². The molecule has 0 spiro atoms. The van der Waals surface area contributed by atoms with E-state index in [0.29, 0.717) is 5.69 Å². The number of fused-ring (bicyclic) bond motifs is 1. The molecule has 0 radical (unpaired) electrons. The van der Waals surface area contributed by atoms with Crippen LogP contribution in [-0.2, 0) is 19.1 Å². The van der Waals surface area contributed by atoms with E-state index in [-0.39, 0.29) is 12.3 Å². The van der Waals surface area contributed by atoms with Gasteiger partial charge in [0.1, 0.15) is 12.0 Å². The molecule has 23 heavy (non-hydrogen) atoms. The van der Waals surface area contributed by atoms with Crippen molar-refractivity contribution in [2.75, 3.05) is 11.5 Å². The van der Waals surface area contributed by atoms with Gasteiger partial charge in [0.25, 0.3) is 5.91 Å². The maximum absolute atomic E-state index is 12.7. The Morgan fingerprint density at radius 3 is 2.70 bits per heavy atom. The van der Waals surface area contributed by atoms with Crippen LogP contribution in [-0.4, -0.2) is 36.1 Å². The van der Waals surface area contributed by atoms with Crippen molar-refractivity contribution in [1.82, 2.24) is 5.43 Å². The maximum atomic E-state index is 12.7. The van der Waals surface area contributed by atoms with Gasteiger partial charge in [0.2, 0.25) is 5.91 Å². The number of rotatable bonds is 3. The van der Waals surface area contributed by atoms with E-state index in [1.54, 1.807) is 13.0 Å². The fourth-order valence-electron chi connectivity index (χ4n) is 2.96. The van der Waals surface area contributed by atoms with E-state index in [2.05, 4.69) is 10.5 Å². The van der Waals surface area contributed by atoms with Gasteiger partial charge in [0.15, 0.2) is 5.71 Å². The highest BCUT2D eigenvalue weighted by molar-refractivity contribution is 6.46. The molecule has 7 heteroatoms. The van der Waals surface area contributed by atoms with Crippen LogP contribution in [0.4, 0.5) is 5.69 Å². The number of imide groups is 1. The second-order valence-electron chi connectivity index (χ2n) is 5.60. The summed E-state index contributed by atoms with van der Waals surface area (Å²) < 4.78 is 4.91. The first-order valence-corrected chi connectivity index (χ1v) is 7.41. The topological polar surface area (TPSA) is 88.1 Å². The van der Waals surface area contributed by atoms with Crippen LogP contribution in [0.5, 0.6) is 0 Å². The minimum Gasteiger partial charge on any atom is -0.461 e. The Balaban J connectivity index is 1.95. The van der Waals surface area contributed by atoms with Crippen LogP contribution in [0.25, 0.3) is 0 Å². The minimum absolute atomic E-state index is 0.0394. The summed E-state index contributed by atoms with van der Waals surface area (Å²) >= 11 is 0. The van der Waals surface area contributed by atoms with Crippen LogP contribution in [0, 0.1) is 19.8 Å². The standard InChI is InChI=1S/C16H17N3O4/c1-4-23-16(22)13-11-12(17-18-13)15(21)19(14(11)20)10-6-5-8(2)7-9(10)3/h5-7,11-12,17H,4H2,1-3H3/t11-,12-/m1/s1. The maximum Gasteiger partial charge on any atom is 0.355 e. The predicted molar refractivity (Wildman–Crippen MR) is 82.9 cm³/mol. The summed E-state index contributed by atoms with van der Waals surface area (Å²) in [7, 11) is 0. The Hall–Kier alpha value is -2.70. The van der Waals surface area contributed by atoms with Crippen molar-refractivity contribution in [3.8, 4) is 0 Å². The summed E-state index contributed by atoms with van der Waals surface area (Å²) in [6.07, 6.45) is 0. The highest BCUT2D eigenvalue weighted by atomic mass is 16.5. The highest BCUT2D eigenvalue weighted by Crippen LogP contribution is 2.32. The van der Waals surface area contributed by atoms with Crippen LogP contribution in [0.15, 0.2) is 23.3 Å². The summed E-state index contributed by atoms with van der Waals surface area (Å²) in [5.74, 6) is -2.46. The quantitative estimate of drug-likeness (QED) is 0.655. The number of aryl methyl sites for hydroxylation is 2. The number of hydrogen-bond acceptors (Lipinski definition) is 6. The average molecular weight is 315 g/mol. The third kappa shape index (κ3) is 2.28. The Labute approximate surface area is 133 Å². The van der Waals surface area contributed by atoms with E-state index in [0.717, 1.165) is 16.0 Å². The lowest BCUT2D eigenvalue weighted by atomic mass is 9.99. The number of ether oxygens (including phenoxy) is 1. The molecular formula is C16H17N3O4. The Bertz CT molecular complexity index is 741. The third-order valence-electron chi connectivity index (χ3n) is 4.00. The normalized spacial score (nSPS) is 22.7. The van der Waals surface area contributed by atoms with Gasteiger partial charge in [-0.05, 0) is 32.4 Å². The number of esters is 1. The predicted octanol–water partition coefficient (Wildman–Crippen LogP) is 0.684. The van der Waals surface area contributed by atoms with Gasteiger partial charge in [-0.1, -0.05) is 17.7 Å². The molecule has 2 atom stereocenters. The van der Waals surface area contributed by atoms with Crippen molar-refractivity contribution in [3.05, 3.63) is 29.3 Å². The van der Waals surface area contributed by atoms with Crippen molar-refractivity contribution >= 4 is 29.2 Å². The van der Waals surface area contributed by atoms with E-state index in [4.69, 9.17) is 4.74 Å². The van der Waals surface area contributed by atoms with E-state index >= 15 is 0 Å². The number of benzene rings is 1. The molecule has 2 aliphatic heterocycles. The molecule has 1 N–H and O–H groups in total. The number of carbonyl (C=O) groups excluding carboxylic acids is 3. The molecule has 3 rings (SSSR count). The van der Waals surface area contributed by atoms with Gasteiger partial charge >= 0.3 is 5.97 Å². The Kier molecular flexibility index (Phi) is 3.63. The zero-order chi connectivity index (χ0) is 16.7. The number of hydrazone groups is 1. The van der Waals surface area contributed by atoms with E-state index in [9.17, 15) is 14.4 Å². The first kappa shape index (κ1) is 15.2. The van der Waals surface area contributed by atoms with Gasteiger partial charge in [-0.3, -0.25) is 15.0 Å². The van der Waals surface area contributed by atoms with Crippen molar-refractivity contribution in [1.29, 1.82) is 0 Å². The average Bonchev–Trinajstić information content (AvgIpc) is 3.02. The smallest absolute Gasteiger partial charge is 0.355 e. The zero-order valence-corrected chi connectivity index (χ0v) is 13.1. The Morgan fingerprint density at radius 1 is 1.30 bits per heavy atom. The summed E-state index contributed by atoms with van der Waals surface area (Å²) in [6, 6.07) is 4.63.